The molecule has 3 atom stereocenters. The molecule has 1 amide bonds. The number of H-pyrrole nitrogens is 1. The van der Waals surface area contributed by atoms with E-state index in [2.05, 4.69) is 22.1 Å². The molecule has 1 aliphatic heterocycles. The number of carbonyl (C=O) groups excluding carboxylic acids is 1. The zero-order valence-corrected chi connectivity index (χ0v) is 19.0. The first-order valence-electron chi connectivity index (χ1n) is 10.1. The predicted octanol–water partition coefficient (Wildman–Crippen LogP) is 3.79. The molecular formula is C22H25Cl2N3O4. The maximum Gasteiger partial charge on any atom is 0.243 e. The Morgan fingerprint density at radius 3 is 2.65 bits per heavy atom. The minimum Gasteiger partial charge on any atom is -0.495 e. The van der Waals surface area contributed by atoms with E-state index in [1.165, 1.54) is 11.6 Å². The van der Waals surface area contributed by atoms with Gasteiger partial charge in [0.2, 0.25) is 5.91 Å². The number of nitrogens with one attached hydrogen (secondary N) is 2. The second-order valence-corrected chi connectivity index (χ2v) is 8.54. The van der Waals surface area contributed by atoms with Crippen LogP contribution in [0, 0.1) is 0 Å². The Morgan fingerprint density at radius 1 is 1.29 bits per heavy atom. The number of halogens is 2. The van der Waals surface area contributed by atoms with Crippen molar-refractivity contribution in [3.05, 3.63) is 51.3 Å². The molecule has 7 nitrogen and oxygen atoms in total. The van der Waals surface area contributed by atoms with E-state index in [0.29, 0.717) is 41.2 Å². The van der Waals surface area contributed by atoms with Crippen LogP contribution in [0.4, 0.5) is 0 Å². The van der Waals surface area contributed by atoms with Crippen molar-refractivity contribution in [2.75, 3.05) is 27.4 Å². The van der Waals surface area contributed by atoms with Gasteiger partial charge in [-0.1, -0.05) is 29.8 Å². The van der Waals surface area contributed by atoms with Crippen molar-refractivity contribution in [1.82, 2.24) is 15.5 Å². The third-order valence-electron chi connectivity index (χ3n) is 6.15. The van der Waals surface area contributed by atoms with Crippen molar-refractivity contribution in [2.24, 2.45) is 0 Å². The number of carbonyl (C=O) groups is 1. The van der Waals surface area contributed by atoms with Gasteiger partial charge in [0, 0.05) is 23.2 Å². The minimum absolute atomic E-state index is 0.0285. The van der Waals surface area contributed by atoms with Crippen molar-refractivity contribution in [2.45, 2.75) is 37.1 Å². The van der Waals surface area contributed by atoms with E-state index >= 15 is 0 Å². The Bertz CT molecular complexity index is 979. The average molecular weight is 466 g/mol. The number of benzene rings is 1. The van der Waals surface area contributed by atoms with Gasteiger partial charge in [-0.15, -0.1) is 0 Å². The molecule has 2 heterocycles. The molecule has 2 aliphatic rings. The summed E-state index contributed by atoms with van der Waals surface area (Å²) >= 11 is 13.3. The average Bonchev–Trinajstić information content (AvgIpc) is 3.40. The van der Waals surface area contributed by atoms with Gasteiger partial charge < -0.3 is 19.5 Å². The Kier molecular flexibility index (Phi) is 6.46. The fraction of sp³-hybridized carbons (Fsp3) is 0.455. The molecule has 31 heavy (non-hydrogen) atoms. The highest BCUT2D eigenvalue weighted by Gasteiger charge is 2.36. The zero-order valence-electron chi connectivity index (χ0n) is 17.5. The van der Waals surface area contributed by atoms with Crippen molar-refractivity contribution in [3.8, 4) is 11.5 Å². The summed E-state index contributed by atoms with van der Waals surface area (Å²) in [4.78, 5) is 11.8. The molecule has 9 heteroatoms. The highest BCUT2D eigenvalue weighted by atomic mass is 35.5. The number of hydrogen-bond acceptors (Lipinski definition) is 5. The summed E-state index contributed by atoms with van der Waals surface area (Å²) in [6.07, 6.45) is 3.64. The Labute approximate surface area is 191 Å². The van der Waals surface area contributed by atoms with Crippen LogP contribution in [0.25, 0.3) is 0 Å². The number of hydrogen-bond donors (Lipinski definition) is 2. The summed E-state index contributed by atoms with van der Waals surface area (Å²) in [5, 5.41) is 11.8. The van der Waals surface area contributed by atoms with Crippen LogP contribution >= 0.6 is 23.2 Å². The standard InChI is InChI=1S/C22H25Cl2N3O4/c1-4-18(28)25-15-10-31-9-13(15)22-12-6-5-11(7-14(12)26-27-22)19-20(23)16(29-2)8-17(30-3)21(19)24/h4,8,11,13,15H,1,5-7,9-10H2,2-3H3,(H,25,28)(H,26,27)/t11-,13+,15-/m1/s1. The van der Waals surface area contributed by atoms with Crippen LogP contribution in [0.5, 0.6) is 11.5 Å². The summed E-state index contributed by atoms with van der Waals surface area (Å²) in [5.41, 5.74) is 4.03. The quantitative estimate of drug-likeness (QED) is 0.633. The lowest BCUT2D eigenvalue weighted by Gasteiger charge is -2.26. The summed E-state index contributed by atoms with van der Waals surface area (Å²) < 4.78 is 16.5. The molecule has 2 N–H and O–H groups in total. The molecule has 166 valence electrons. The first-order valence-corrected chi connectivity index (χ1v) is 10.9. The van der Waals surface area contributed by atoms with Crippen molar-refractivity contribution in [1.29, 1.82) is 0 Å². The number of amides is 1. The smallest absolute Gasteiger partial charge is 0.243 e. The van der Waals surface area contributed by atoms with Crippen molar-refractivity contribution < 1.29 is 19.0 Å². The lowest BCUT2D eigenvalue weighted by atomic mass is 9.80. The first-order chi connectivity index (χ1) is 15.0. The molecule has 1 fully saturated rings. The highest BCUT2D eigenvalue weighted by Crippen LogP contribution is 2.47. The van der Waals surface area contributed by atoms with E-state index in [0.717, 1.165) is 29.8 Å². The number of rotatable bonds is 6. The zero-order chi connectivity index (χ0) is 22.1. The summed E-state index contributed by atoms with van der Waals surface area (Å²) in [6, 6.07) is 1.59. The van der Waals surface area contributed by atoms with Gasteiger partial charge in [0.25, 0.3) is 0 Å². The highest BCUT2D eigenvalue weighted by molar-refractivity contribution is 6.38. The van der Waals surface area contributed by atoms with E-state index in [4.69, 9.17) is 37.4 Å². The normalized spacial score (nSPS) is 22.6. The molecular weight excluding hydrogens is 441 g/mol. The lowest BCUT2D eigenvalue weighted by molar-refractivity contribution is -0.117. The number of aromatic nitrogens is 2. The van der Waals surface area contributed by atoms with Gasteiger partial charge in [0.15, 0.2) is 0 Å². The minimum atomic E-state index is -0.204. The number of aromatic amines is 1. The number of ether oxygens (including phenoxy) is 3. The lowest BCUT2D eigenvalue weighted by Crippen LogP contribution is -2.38. The monoisotopic (exact) mass is 465 g/mol. The maximum atomic E-state index is 11.8. The summed E-state index contributed by atoms with van der Waals surface area (Å²) in [7, 11) is 3.14. The third-order valence-corrected chi connectivity index (χ3v) is 6.93. The Hall–Kier alpha value is -2.22. The van der Waals surface area contributed by atoms with Crippen LogP contribution < -0.4 is 14.8 Å². The summed E-state index contributed by atoms with van der Waals surface area (Å²) in [5.74, 6) is 0.986. The molecule has 1 aromatic heterocycles. The Balaban J connectivity index is 1.61. The summed E-state index contributed by atoms with van der Waals surface area (Å²) in [6.45, 7) is 4.52. The molecule has 1 aromatic carbocycles. The topological polar surface area (TPSA) is 85.5 Å². The van der Waals surface area contributed by atoms with Crippen LogP contribution in [0.1, 0.15) is 40.8 Å². The fourth-order valence-corrected chi connectivity index (χ4v) is 5.37. The van der Waals surface area contributed by atoms with Crippen LogP contribution in [-0.4, -0.2) is 49.6 Å². The van der Waals surface area contributed by atoms with Gasteiger partial charge in [-0.05, 0) is 36.8 Å². The first kappa shape index (κ1) is 22.0. The second-order valence-electron chi connectivity index (χ2n) is 7.79. The van der Waals surface area contributed by atoms with Crippen LogP contribution in [-0.2, 0) is 22.4 Å². The van der Waals surface area contributed by atoms with Gasteiger partial charge >= 0.3 is 0 Å². The molecule has 1 saturated heterocycles. The molecule has 0 radical (unpaired) electrons. The van der Waals surface area contributed by atoms with E-state index < -0.39 is 0 Å². The second kappa shape index (κ2) is 9.10. The van der Waals surface area contributed by atoms with Crippen LogP contribution in [0.2, 0.25) is 10.0 Å². The molecule has 0 unspecified atom stereocenters. The predicted molar refractivity (Wildman–Crippen MR) is 119 cm³/mol. The van der Waals surface area contributed by atoms with E-state index in [1.54, 1.807) is 20.3 Å². The molecule has 0 bridgehead atoms. The van der Waals surface area contributed by atoms with Gasteiger partial charge in [0.1, 0.15) is 11.5 Å². The van der Waals surface area contributed by atoms with E-state index in [1.807, 2.05) is 0 Å². The van der Waals surface area contributed by atoms with Crippen LogP contribution in [0.3, 0.4) is 0 Å². The van der Waals surface area contributed by atoms with Gasteiger partial charge in [0.05, 0.1) is 49.2 Å². The van der Waals surface area contributed by atoms with E-state index in [9.17, 15) is 4.79 Å². The van der Waals surface area contributed by atoms with Gasteiger partial charge in [-0.2, -0.15) is 5.10 Å². The van der Waals surface area contributed by atoms with Gasteiger partial charge in [-0.25, -0.2) is 0 Å². The molecule has 4 rings (SSSR count). The Morgan fingerprint density at radius 2 is 2.00 bits per heavy atom. The number of nitrogens with zero attached hydrogens (tertiary/aromatic N) is 1. The number of methoxy groups -OCH3 is 2. The van der Waals surface area contributed by atoms with E-state index in [-0.39, 0.29) is 23.8 Å². The van der Waals surface area contributed by atoms with Gasteiger partial charge in [-0.3, -0.25) is 9.89 Å². The molecule has 0 saturated carbocycles. The largest absolute Gasteiger partial charge is 0.495 e. The molecule has 2 aromatic rings. The number of fused-ring (bicyclic) bond motifs is 1. The molecule has 0 spiro atoms. The SMILES string of the molecule is C=CC(=O)N[C@@H]1COC[C@@H]1c1[nH]nc2c1CC[C@@H](c1c(Cl)c(OC)cc(OC)c1Cl)C2. The molecule has 1 aliphatic carbocycles. The van der Waals surface area contributed by atoms with Crippen molar-refractivity contribution >= 4 is 29.1 Å². The fourth-order valence-electron chi connectivity index (χ4n) is 4.56. The van der Waals surface area contributed by atoms with Crippen molar-refractivity contribution in [3.63, 3.8) is 0 Å². The third kappa shape index (κ3) is 4.02. The maximum absolute atomic E-state index is 11.8. The van der Waals surface area contributed by atoms with Crippen LogP contribution in [0.15, 0.2) is 18.7 Å².